The molecule has 0 spiro atoms. The van der Waals surface area contributed by atoms with Gasteiger partial charge in [0.15, 0.2) is 0 Å². The Balaban J connectivity index is 0.000000197. The van der Waals surface area contributed by atoms with Crippen LogP contribution in [0.2, 0.25) is 0 Å². The summed E-state index contributed by atoms with van der Waals surface area (Å²) in [7, 11) is -2.01. The first-order valence-electron chi connectivity index (χ1n) is 7.60. The molecule has 1 heterocycles. The van der Waals surface area contributed by atoms with Gasteiger partial charge >= 0.3 is 0 Å². The fraction of sp³-hybridized carbons (Fsp3) is 0.250. The van der Waals surface area contributed by atoms with Crippen molar-refractivity contribution in [1.82, 2.24) is 4.31 Å². The minimum Gasteiger partial charge on any atom is -0.207 e. The Kier molecular flexibility index (Phi) is 7.09. The topological polar surface area (TPSA) is 71.5 Å². The van der Waals surface area contributed by atoms with Gasteiger partial charge in [0.05, 0.1) is 9.79 Å². The van der Waals surface area contributed by atoms with Gasteiger partial charge in [0.2, 0.25) is 10.0 Å². The average molecular weight is 438 g/mol. The van der Waals surface area contributed by atoms with Crippen molar-refractivity contribution in [2.75, 3.05) is 13.1 Å². The number of thiol groups is 1. The molecule has 0 bridgehead atoms. The van der Waals surface area contributed by atoms with Crippen LogP contribution in [0, 0.1) is 5.82 Å². The molecule has 0 saturated carbocycles. The highest BCUT2D eigenvalue weighted by Gasteiger charge is 2.26. The van der Waals surface area contributed by atoms with Gasteiger partial charge in [-0.15, -0.1) is 12.6 Å². The molecule has 0 aromatic heterocycles. The van der Waals surface area contributed by atoms with Crippen molar-refractivity contribution >= 4 is 42.4 Å². The van der Waals surface area contributed by atoms with Crippen molar-refractivity contribution in [3.05, 3.63) is 54.3 Å². The van der Waals surface area contributed by atoms with Gasteiger partial charge in [-0.2, -0.15) is 4.31 Å². The van der Waals surface area contributed by atoms with Crippen molar-refractivity contribution in [2.45, 2.75) is 27.5 Å². The number of benzene rings is 2. The zero-order chi connectivity index (χ0) is 19.4. The van der Waals surface area contributed by atoms with Crippen LogP contribution in [0.5, 0.6) is 0 Å². The summed E-state index contributed by atoms with van der Waals surface area (Å²) in [6.07, 6.45) is 1.92. The van der Waals surface area contributed by atoms with E-state index >= 15 is 0 Å². The predicted molar refractivity (Wildman–Crippen MR) is 101 cm³/mol. The van der Waals surface area contributed by atoms with E-state index in [0.717, 1.165) is 42.0 Å². The van der Waals surface area contributed by atoms with E-state index in [1.165, 1.54) is 0 Å². The standard InChI is InChI=1S/C10H13NO2S2.C6H4ClFO2S/c12-15(13,11-7-1-2-8-11)10-5-3-9(14)4-6-10;7-11(9,10)6-3-1-5(8)2-4-6/h3-6,14H,1-2,7-8H2;1-4H. The summed E-state index contributed by atoms with van der Waals surface area (Å²) in [4.78, 5) is 1.04. The fourth-order valence-electron chi connectivity index (χ4n) is 2.29. The average Bonchev–Trinajstić information content (AvgIpc) is 3.11. The number of sulfonamides is 1. The van der Waals surface area contributed by atoms with Gasteiger partial charge in [-0.1, -0.05) is 0 Å². The first-order chi connectivity index (χ1) is 12.1. The summed E-state index contributed by atoms with van der Waals surface area (Å²) in [6, 6.07) is 10.9. The lowest BCUT2D eigenvalue weighted by molar-refractivity contribution is 0.477. The zero-order valence-corrected chi connectivity index (χ0v) is 16.8. The van der Waals surface area contributed by atoms with E-state index in [0.29, 0.717) is 18.0 Å². The predicted octanol–water partition coefficient (Wildman–Crippen LogP) is 3.51. The van der Waals surface area contributed by atoms with Crippen molar-refractivity contribution in [3.8, 4) is 0 Å². The van der Waals surface area contributed by atoms with Crippen LogP contribution in [0.25, 0.3) is 0 Å². The molecule has 0 unspecified atom stereocenters. The van der Waals surface area contributed by atoms with Gasteiger partial charge in [0.25, 0.3) is 9.05 Å². The maximum atomic E-state index is 12.2. The number of nitrogens with zero attached hydrogens (tertiary/aromatic N) is 1. The van der Waals surface area contributed by atoms with E-state index in [1.807, 2.05) is 0 Å². The molecular formula is C16H17ClFNO4S3. The molecule has 0 N–H and O–H groups in total. The lowest BCUT2D eigenvalue weighted by atomic mass is 10.4. The van der Waals surface area contributed by atoms with Gasteiger partial charge < -0.3 is 0 Å². The molecular weight excluding hydrogens is 421 g/mol. The molecule has 1 saturated heterocycles. The molecule has 0 atom stereocenters. The number of hydrogen-bond donors (Lipinski definition) is 1. The van der Waals surface area contributed by atoms with Crippen LogP contribution in [0.1, 0.15) is 12.8 Å². The lowest BCUT2D eigenvalue weighted by Gasteiger charge is -2.15. The van der Waals surface area contributed by atoms with Crippen molar-refractivity contribution in [3.63, 3.8) is 0 Å². The van der Waals surface area contributed by atoms with E-state index < -0.39 is 24.9 Å². The van der Waals surface area contributed by atoms with Gasteiger partial charge in [-0.3, -0.25) is 0 Å². The minimum absolute atomic E-state index is 0.0967. The Hall–Kier alpha value is -1.13. The van der Waals surface area contributed by atoms with Crippen molar-refractivity contribution in [2.24, 2.45) is 0 Å². The lowest BCUT2D eigenvalue weighted by Crippen LogP contribution is -2.27. The van der Waals surface area contributed by atoms with Crippen LogP contribution in [0.15, 0.2) is 63.2 Å². The smallest absolute Gasteiger partial charge is 0.207 e. The summed E-state index contributed by atoms with van der Waals surface area (Å²) in [5.41, 5.74) is 0. The van der Waals surface area contributed by atoms with E-state index in [2.05, 4.69) is 12.6 Å². The highest BCUT2D eigenvalue weighted by Crippen LogP contribution is 2.21. The minimum atomic E-state index is -3.71. The maximum absolute atomic E-state index is 12.2. The molecule has 0 aliphatic carbocycles. The summed E-state index contributed by atoms with van der Waals surface area (Å²) in [5, 5.41) is 0. The Morgan fingerprint density at radius 2 is 1.31 bits per heavy atom. The third-order valence-electron chi connectivity index (χ3n) is 3.63. The number of halogens is 2. The molecule has 2 aromatic carbocycles. The highest BCUT2D eigenvalue weighted by atomic mass is 35.7. The molecule has 1 aliphatic rings. The van der Waals surface area contributed by atoms with Crippen molar-refractivity contribution in [1.29, 1.82) is 0 Å². The Labute approximate surface area is 162 Å². The maximum Gasteiger partial charge on any atom is 0.261 e. The summed E-state index contributed by atoms with van der Waals surface area (Å²) in [5.74, 6) is -0.492. The SMILES string of the molecule is O=S(=O)(Cl)c1ccc(F)cc1.O=S(=O)(c1ccc(S)cc1)N1CCCC1. The van der Waals surface area contributed by atoms with Crippen LogP contribution in [0.4, 0.5) is 4.39 Å². The van der Waals surface area contributed by atoms with Crippen LogP contribution in [0.3, 0.4) is 0 Å². The highest BCUT2D eigenvalue weighted by molar-refractivity contribution is 8.13. The van der Waals surface area contributed by atoms with Crippen LogP contribution in [-0.4, -0.2) is 34.2 Å². The molecule has 0 amide bonds. The Morgan fingerprint density at radius 1 is 0.846 bits per heavy atom. The Morgan fingerprint density at radius 3 is 1.77 bits per heavy atom. The molecule has 1 fully saturated rings. The van der Waals surface area contributed by atoms with Gasteiger partial charge in [-0.25, -0.2) is 21.2 Å². The van der Waals surface area contributed by atoms with Gasteiger partial charge in [0.1, 0.15) is 5.82 Å². The summed E-state index contributed by atoms with van der Waals surface area (Å²) in [6.45, 7) is 1.29. The molecule has 1 aliphatic heterocycles. The first-order valence-corrected chi connectivity index (χ1v) is 11.8. The second kappa shape index (κ2) is 8.71. The largest absolute Gasteiger partial charge is 0.261 e. The van der Waals surface area contributed by atoms with Crippen LogP contribution >= 0.6 is 23.3 Å². The van der Waals surface area contributed by atoms with Gasteiger partial charge in [-0.05, 0) is 61.4 Å². The normalized spacial score (nSPS) is 15.3. The molecule has 0 radical (unpaired) electrons. The van der Waals surface area contributed by atoms with Crippen LogP contribution in [-0.2, 0) is 19.1 Å². The van der Waals surface area contributed by atoms with E-state index in [1.54, 1.807) is 28.6 Å². The van der Waals surface area contributed by atoms with Crippen LogP contribution < -0.4 is 0 Å². The monoisotopic (exact) mass is 437 g/mol. The quantitative estimate of drug-likeness (QED) is 0.589. The third-order valence-corrected chi connectivity index (χ3v) is 7.22. The molecule has 3 rings (SSSR count). The number of hydrogen-bond acceptors (Lipinski definition) is 5. The van der Waals surface area contributed by atoms with E-state index in [-0.39, 0.29) is 4.90 Å². The molecule has 142 valence electrons. The van der Waals surface area contributed by atoms with E-state index in [4.69, 9.17) is 10.7 Å². The Bertz CT molecular complexity index is 940. The molecule has 5 nitrogen and oxygen atoms in total. The second-order valence-corrected chi connectivity index (χ2v) is 10.5. The molecule has 2 aromatic rings. The molecule has 10 heteroatoms. The van der Waals surface area contributed by atoms with E-state index in [9.17, 15) is 21.2 Å². The third kappa shape index (κ3) is 5.68. The fourth-order valence-corrected chi connectivity index (χ4v) is 4.73. The summed E-state index contributed by atoms with van der Waals surface area (Å²) < 4.78 is 59.0. The number of rotatable bonds is 3. The van der Waals surface area contributed by atoms with Crippen molar-refractivity contribution < 1.29 is 21.2 Å². The second-order valence-electron chi connectivity index (χ2n) is 5.50. The zero-order valence-electron chi connectivity index (χ0n) is 13.5. The summed E-state index contributed by atoms with van der Waals surface area (Å²) >= 11 is 4.13. The van der Waals surface area contributed by atoms with Gasteiger partial charge in [0, 0.05) is 28.7 Å². The molecule has 26 heavy (non-hydrogen) atoms. The first kappa shape index (κ1) is 21.2.